The van der Waals surface area contributed by atoms with Crippen molar-refractivity contribution in [3.8, 4) is 0 Å². The van der Waals surface area contributed by atoms with Crippen molar-refractivity contribution >= 4 is 16.8 Å². The summed E-state index contributed by atoms with van der Waals surface area (Å²) in [5.41, 5.74) is 0.723. The van der Waals surface area contributed by atoms with Crippen molar-refractivity contribution in [2.45, 2.75) is 11.8 Å². The maximum Gasteiger partial charge on any atom is 0.188 e. The molecule has 0 saturated carbocycles. The van der Waals surface area contributed by atoms with Crippen LogP contribution >= 0.6 is 0 Å². The summed E-state index contributed by atoms with van der Waals surface area (Å²) in [4.78, 5) is 0.430. The third kappa shape index (κ3) is 2.06. The van der Waals surface area contributed by atoms with Gasteiger partial charge >= 0.3 is 0 Å². The van der Waals surface area contributed by atoms with E-state index < -0.39 is 11.1 Å². The molecule has 0 bridgehead atoms. The summed E-state index contributed by atoms with van der Waals surface area (Å²) < 4.78 is 19.6. The highest BCUT2D eigenvalue weighted by Gasteiger charge is 2.04. The molecular weight excluding hydrogens is 174 g/mol. The minimum absolute atomic E-state index is 0.430. The zero-order chi connectivity index (χ0) is 8.97. The van der Waals surface area contributed by atoms with Gasteiger partial charge in [-0.1, -0.05) is 12.1 Å². The van der Waals surface area contributed by atoms with E-state index in [2.05, 4.69) is 5.32 Å². The van der Waals surface area contributed by atoms with Gasteiger partial charge in [0.25, 0.3) is 0 Å². The Morgan fingerprint density at radius 2 is 2.17 bits per heavy atom. The van der Waals surface area contributed by atoms with Crippen LogP contribution < -0.4 is 5.32 Å². The van der Waals surface area contributed by atoms with Gasteiger partial charge in [0.15, 0.2) is 11.1 Å². The lowest BCUT2D eigenvalue weighted by Crippen LogP contribution is -2.01. The first-order valence-electron chi connectivity index (χ1n) is 3.69. The highest BCUT2D eigenvalue weighted by molar-refractivity contribution is 7.79. The van der Waals surface area contributed by atoms with E-state index in [0.29, 0.717) is 4.90 Å². The molecular formula is C8H11NO2S. The fraction of sp³-hybridized carbons (Fsp3) is 0.250. The largest absolute Gasteiger partial charge is 0.384 e. The third-order valence-corrected chi connectivity index (χ3v) is 2.17. The van der Waals surface area contributed by atoms with Gasteiger partial charge in [0.2, 0.25) is 0 Å². The van der Waals surface area contributed by atoms with E-state index in [0.717, 1.165) is 12.2 Å². The fourth-order valence-electron chi connectivity index (χ4n) is 0.955. The monoisotopic (exact) mass is 185 g/mol. The van der Waals surface area contributed by atoms with Crippen LogP contribution in [0.1, 0.15) is 6.92 Å². The van der Waals surface area contributed by atoms with Crippen LogP contribution in [-0.4, -0.2) is 15.3 Å². The van der Waals surface area contributed by atoms with Gasteiger partial charge in [0.1, 0.15) is 0 Å². The first-order valence-corrected chi connectivity index (χ1v) is 4.80. The molecule has 0 spiro atoms. The van der Waals surface area contributed by atoms with Gasteiger partial charge in [-0.2, -0.15) is 0 Å². The molecule has 0 aliphatic heterocycles. The predicted octanol–water partition coefficient (Wildman–Crippen LogP) is 1.70. The van der Waals surface area contributed by atoms with Gasteiger partial charge in [-0.25, -0.2) is 4.21 Å². The van der Waals surface area contributed by atoms with Crippen LogP contribution in [0.5, 0.6) is 0 Å². The number of anilines is 1. The van der Waals surface area contributed by atoms with Crippen LogP contribution in [0.25, 0.3) is 0 Å². The molecule has 1 atom stereocenters. The van der Waals surface area contributed by atoms with Crippen molar-refractivity contribution < 1.29 is 8.76 Å². The molecule has 66 valence electrons. The maximum atomic E-state index is 10.8. The SMILES string of the molecule is CCNc1ccccc1S(=O)O. The lowest BCUT2D eigenvalue weighted by atomic mass is 10.3. The van der Waals surface area contributed by atoms with E-state index in [4.69, 9.17) is 4.55 Å². The summed E-state index contributed by atoms with van der Waals surface area (Å²) in [5.74, 6) is 0. The molecule has 0 aliphatic rings. The molecule has 0 aromatic heterocycles. The number of hydrogen-bond donors (Lipinski definition) is 2. The van der Waals surface area contributed by atoms with Crippen molar-refractivity contribution in [1.82, 2.24) is 0 Å². The van der Waals surface area contributed by atoms with Gasteiger partial charge in [-0.05, 0) is 19.1 Å². The highest BCUT2D eigenvalue weighted by Crippen LogP contribution is 2.17. The predicted molar refractivity (Wildman–Crippen MR) is 49.6 cm³/mol. The first kappa shape index (κ1) is 9.22. The second kappa shape index (κ2) is 4.23. The summed E-state index contributed by atoms with van der Waals surface area (Å²) in [6.45, 7) is 2.69. The van der Waals surface area contributed by atoms with E-state index in [1.165, 1.54) is 0 Å². The molecule has 4 heteroatoms. The minimum Gasteiger partial charge on any atom is -0.384 e. The topological polar surface area (TPSA) is 49.3 Å². The van der Waals surface area contributed by atoms with Gasteiger partial charge in [-0.3, -0.25) is 0 Å². The lowest BCUT2D eigenvalue weighted by molar-refractivity contribution is 0.564. The Kier molecular flexibility index (Phi) is 3.25. The number of hydrogen-bond acceptors (Lipinski definition) is 2. The van der Waals surface area contributed by atoms with Crippen molar-refractivity contribution in [3.05, 3.63) is 24.3 Å². The molecule has 1 aromatic carbocycles. The number of benzene rings is 1. The molecule has 3 nitrogen and oxygen atoms in total. The second-order valence-corrected chi connectivity index (χ2v) is 3.21. The molecule has 0 heterocycles. The van der Waals surface area contributed by atoms with Crippen molar-refractivity contribution in [1.29, 1.82) is 0 Å². The van der Waals surface area contributed by atoms with Gasteiger partial charge in [0.05, 0.1) is 10.6 Å². The lowest BCUT2D eigenvalue weighted by Gasteiger charge is -2.06. The molecule has 1 unspecified atom stereocenters. The molecule has 1 aromatic rings. The Bertz CT molecular complexity index is 288. The van der Waals surface area contributed by atoms with E-state index in [9.17, 15) is 4.21 Å². The summed E-state index contributed by atoms with van der Waals surface area (Å²) in [6.07, 6.45) is 0. The molecule has 2 N–H and O–H groups in total. The summed E-state index contributed by atoms with van der Waals surface area (Å²) >= 11 is -1.90. The zero-order valence-electron chi connectivity index (χ0n) is 6.78. The van der Waals surface area contributed by atoms with E-state index in [1.54, 1.807) is 18.2 Å². The third-order valence-electron chi connectivity index (χ3n) is 1.44. The number of nitrogens with one attached hydrogen (secondary N) is 1. The van der Waals surface area contributed by atoms with Crippen LogP contribution in [0.4, 0.5) is 5.69 Å². The molecule has 1 rings (SSSR count). The molecule has 12 heavy (non-hydrogen) atoms. The Morgan fingerprint density at radius 1 is 1.50 bits per heavy atom. The average Bonchev–Trinajstić information content (AvgIpc) is 2.05. The zero-order valence-corrected chi connectivity index (χ0v) is 7.60. The highest BCUT2D eigenvalue weighted by atomic mass is 32.2. The molecule has 0 aliphatic carbocycles. The van der Waals surface area contributed by atoms with E-state index >= 15 is 0 Å². The Balaban J connectivity index is 3.00. The van der Waals surface area contributed by atoms with Crippen LogP contribution in [0.2, 0.25) is 0 Å². The quantitative estimate of drug-likeness (QED) is 0.705. The molecule has 0 amide bonds. The van der Waals surface area contributed by atoms with Crippen LogP contribution in [0.15, 0.2) is 29.2 Å². The van der Waals surface area contributed by atoms with E-state index in [1.807, 2.05) is 13.0 Å². The van der Waals surface area contributed by atoms with E-state index in [-0.39, 0.29) is 0 Å². The Labute approximate surface area is 74.1 Å². The van der Waals surface area contributed by atoms with Crippen LogP contribution in [-0.2, 0) is 11.1 Å². The fourth-order valence-corrected chi connectivity index (χ4v) is 1.48. The minimum atomic E-state index is -1.90. The molecule has 0 radical (unpaired) electrons. The average molecular weight is 185 g/mol. The molecule has 0 saturated heterocycles. The van der Waals surface area contributed by atoms with Crippen LogP contribution in [0, 0.1) is 0 Å². The number of rotatable bonds is 3. The van der Waals surface area contributed by atoms with Crippen molar-refractivity contribution in [3.63, 3.8) is 0 Å². The summed E-state index contributed by atoms with van der Waals surface area (Å²) in [5, 5.41) is 3.00. The summed E-state index contributed by atoms with van der Waals surface area (Å²) in [6, 6.07) is 6.99. The molecule has 0 fully saturated rings. The smallest absolute Gasteiger partial charge is 0.188 e. The normalized spacial score (nSPS) is 12.5. The van der Waals surface area contributed by atoms with Crippen molar-refractivity contribution in [2.24, 2.45) is 0 Å². The maximum absolute atomic E-state index is 10.8. The Morgan fingerprint density at radius 3 is 2.75 bits per heavy atom. The van der Waals surface area contributed by atoms with Crippen LogP contribution in [0.3, 0.4) is 0 Å². The van der Waals surface area contributed by atoms with Gasteiger partial charge in [0, 0.05) is 6.54 Å². The first-order chi connectivity index (χ1) is 5.75. The van der Waals surface area contributed by atoms with Gasteiger partial charge in [-0.15, -0.1) is 0 Å². The van der Waals surface area contributed by atoms with Crippen molar-refractivity contribution in [2.75, 3.05) is 11.9 Å². The van der Waals surface area contributed by atoms with Gasteiger partial charge < -0.3 is 9.87 Å². The Hall–Kier alpha value is -0.870. The summed E-state index contributed by atoms with van der Waals surface area (Å²) in [7, 11) is 0. The second-order valence-electron chi connectivity index (χ2n) is 2.28. The standard InChI is InChI=1S/C8H11NO2S/c1-2-9-7-5-3-4-6-8(7)12(10)11/h3-6,9H,2H2,1H3,(H,10,11). The number of para-hydroxylation sites is 1.